The number of hydrogen-bond donors (Lipinski definition) is 0. The van der Waals surface area contributed by atoms with Crippen molar-refractivity contribution in [3.63, 3.8) is 0 Å². The van der Waals surface area contributed by atoms with Gasteiger partial charge in [0.2, 0.25) is 0 Å². The molecule has 1 aromatic carbocycles. The largest absolute Gasteiger partial charge is 0.223 e. The van der Waals surface area contributed by atoms with Gasteiger partial charge in [-0.05, 0) is 25.0 Å². The normalized spacial score (nSPS) is 26.7. The smallest absolute Gasteiger partial charge is 0.182 e. The molecule has 0 heterocycles. The van der Waals surface area contributed by atoms with Gasteiger partial charge in [-0.2, -0.15) is 0 Å². The summed E-state index contributed by atoms with van der Waals surface area (Å²) in [4.78, 5) is 0.391. The van der Waals surface area contributed by atoms with Gasteiger partial charge in [-0.25, -0.2) is 8.42 Å². The molecule has 2 atom stereocenters. The van der Waals surface area contributed by atoms with Crippen LogP contribution in [0.25, 0.3) is 0 Å². The lowest BCUT2D eigenvalue weighted by Gasteiger charge is -2.14. The Labute approximate surface area is 95.2 Å². The van der Waals surface area contributed by atoms with Crippen molar-refractivity contribution in [1.82, 2.24) is 0 Å². The lowest BCUT2D eigenvalue weighted by Crippen LogP contribution is -2.25. The molecule has 1 saturated carbocycles. The fourth-order valence-electron chi connectivity index (χ4n) is 2.02. The number of hydrogen-bond acceptors (Lipinski definition) is 2. The molecule has 4 heteroatoms. The van der Waals surface area contributed by atoms with E-state index in [1.165, 1.54) is 0 Å². The van der Waals surface area contributed by atoms with Crippen LogP contribution in [-0.4, -0.2) is 19.0 Å². The Morgan fingerprint density at radius 2 is 1.80 bits per heavy atom. The summed E-state index contributed by atoms with van der Waals surface area (Å²) in [5.74, 6) is 0. The average Bonchev–Trinajstić information content (AvgIpc) is 2.66. The van der Waals surface area contributed by atoms with Gasteiger partial charge in [-0.15, -0.1) is 11.6 Å². The highest BCUT2D eigenvalue weighted by Gasteiger charge is 2.36. The van der Waals surface area contributed by atoms with Crippen LogP contribution >= 0.6 is 11.6 Å². The van der Waals surface area contributed by atoms with E-state index in [2.05, 4.69) is 0 Å². The molecule has 15 heavy (non-hydrogen) atoms. The molecule has 1 aliphatic carbocycles. The third-order valence-corrected chi connectivity index (χ3v) is 5.80. The topological polar surface area (TPSA) is 34.1 Å². The molecule has 0 unspecified atom stereocenters. The Morgan fingerprint density at radius 1 is 1.13 bits per heavy atom. The molecular weight excluding hydrogens is 232 g/mol. The van der Waals surface area contributed by atoms with Crippen molar-refractivity contribution in [3.05, 3.63) is 30.3 Å². The summed E-state index contributed by atoms with van der Waals surface area (Å²) in [5, 5.41) is -0.628. The number of benzene rings is 1. The van der Waals surface area contributed by atoms with Gasteiger partial charge in [0.05, 0.1) is 15.5 Å². The SMILES string of the molecule is O=S(=O)(c1ccccc1)[C@H]1CCC[C@H]1Cl. The highest BCUT2D eigenvalue weighted by molar-refractivity contribution is 7.92. The second kappa shape index (κ2) is 4.14. The molecule has 0 aliphatic heterocycles. The standard InChI is InChI=1S/C11H13ClO2S/c12-10-7-4-8-11(10)15(13,14)9-5-2-1-3-6-9/h1-3,5-6,10-11H,4,7-8H2/t10-,11+/m1/s1. The molecule has 82 valence electrons. The second-order valence-electron chi connectivity index (χ2n) is 3.84. The van der Waals surface area contributed by atoms with Crippen LogP contribution in [0.4, 0.5) is 0 Å². The summed E-state index contributed by atoms with van der Waals surface area (Å²) in [7, 11) is -3.22. The molecule has 1 aromatic rings. The zero-order valence-corrected chi connectivity index (χ0v) is 9.84. The van der Waals surface area contributed by atoms with Gasteiger partial charge in [0.1, 0.15) is 0 Å². The van der Waals surface area contributed by atoms with Crippen LogP contribution in [0.1, 0.15) is 19.3 Å². The van der Waals surface area contributed by atoms with Crippen LogP contribution in [0.5, 0.6) is 0 Å². The molecule has 2 rings (SSSR count). The summed E-state index contributed by atoms with van der Waals surface area (Å²) in [5.41, 5.74) is 0. The van der Waals surface area contributed by atoms with E-state index in [1.807, 2.05) is 6.07 Å². The first kappa shape index (κ1) is 11.0. The minimum absolute atomic E-state index is 0.227. The van der Waals surface area contributed by atoms with Crippen LogP contribution in [0.2, 0.25) is 0 Å². The van der Waals surface area contributed by atoms with E-state index in [9.17, 15) is 8.42 Å². The van der Waals surface area contributed by atoms with Crippen molar-refractivity contribution in [1.29, 1.82) is 0 Å². The summed E-state index contributed by atoms with van der Waals surface area (Å²) >= 11 is 6.03. The van der Waals surface area contributed by atoms with E-state index >= 15 is 0 Å². The average molecular weight is 245 g/mol. The fourth-order valence-corrected chi connectivity index (χ4v) is 4.59. The van der Waals surface area contributed by atoms with Crippen LogP contribution in [0, 0.1) is 0 Å². The van der Waals surface area contributed by atoms with Crippen LogP contribution in [0.15, 0.2) is 35.2 Å². The zero-order chi connectivity index (χ0) is 10.9. The van der Waals surface area contributed by atoms with Gasteiger partial charge in [-0.3, -0.25) is 0 Å². The maximum Gasteiger partial charge on any atom is 0.182 e. The molecule has 0 N–H and O–H groups in total. The molecule has 1 fully saturated rings. The van der Waals surface area contributed by atoms with Crippen molar-refractivity contribution in [3.8, 4) is 0 Å². The molecule has 0 bridgehead atoms. The fraction of sp³-hybridized carbons (Fsp3) is 0.455. The Bertz CT molecular complexity index is 427. The van der Waals surface area contributed by atoms with Crippen LogP contribution in [-0.2, 0) is 9.84 Å². The lowest BCUT2D eigenvalue weighted by molar-refractivity contribution is 0.580. The van der Waals surface area contributed by atoms with Gasteiger partial charge < -0.3 is 0 Å². The number of sulfone groups is 1. The van der Waals surface area contributed by atoms with Crippen LogP contribution < -0.4 is 0 Å². The van der Waals surface area contributed by atoms with Crippen molar-refractivity contribution in [2.45, 2.75) is 34.8 Å². The first-order valence-corrected chi connectivity index (χ1v) is 7.03. The van der Waals surface area contributed by atoms with Gasteiger partial charge in [0.15, 0.2) is 9.84 Å². The van der Waals surface area contributed by atoms with E-state index in [1.54, 1.807) is 24.3 Å². The first-order valence-electron chi connectivity index (χ1n) is 5.05. The maximum absolute atomic E-state index is 12.2. The molecule has 0 amide bonds. The molecule has 0 spiro atoms. The summed E-state index contributed by atoms with van der Waals surface area (Å²) < 4.78 is 24.3. The van der Waals surface area contributed by atoms with E-state index < -0.39 is 15.1 Å². The van der Waals surface area contributed by atoms with E-state index in [-0.39, 0.29) is 5.38 Å². The number of rotatable bonds is 2. The van der Waals surface area contributed by atoms with Gasteiger partial charge in [0, 0.05) is 0 Å². The maximum atomic E-state index is 12.2. The summed E-state index contributed by atoms with van der Waals surface area (Å²) in [6.07, 6.45) is 2.40. The van der Waals surface area contributed by atoms with Crippen LogP contribution in [0.3, 0.4) is 0 Å². The predicted octanol–water partition coefficient (Wildman–Crippen LogP) is 2.62. The third-order valence-electron chi connectivity index (χ3n) is 2.84. The van der Waals surface area contributed by atoms with Gasteiger partial charge in [-0.1, -0.05) is 24.6 Å². The molecule has 2 nitrogen and oxygen atoms in total. The van der Waals surface area contributed by atoms with Gasteiger partial charge in [0.25, 0.3) is 0 Å². The number of halogens is 1. The zero-order valence-electron chi connectivity index (χ0n) is 8.27. The minimum Gasteiger partial charge on any atom is -0.223 e. The van der Waals surface area contributed by atoms with E-state index in [4.69, 9.17) is 11.6 Å². The van der Waals surface area contributed by atoms with Gasteiger partial charge >= 0.3 is 0 Å². The van der Waals surface area contributed by atoms with Crippen molar-refractivity contribution in [2.24, 2.45) is 0 Å². The Morgan fingerprint density at radius 3 is 2.33 bits per heavy atom. The highest BCUT2D eigenvalue weighted by atomic mass is 35.5. The predicted molar refractivity (Wildman–Crippen MR) is 60.9 cm³/mol. The molecule has 0 radical (unpaired) electrons. The van der Waals surface area contributed by atoms with Crippen molar-refractivity contribution in [2.75, 3.05) is 0 Å². The minimum atomic E-state index is -3.22. The first-order chi connectivity index (χ1) is 7.12. The molecule has 1 aliphatic rings. The third kappa shape index (κ3) is 2.04. The van der Waals surface area contributed by atoms with Crippen molar-refractivity contribution >= 4 is 21.4 Å². The van der Waals surface area contributed by atoms with Crippen molar-refractivity contribution < 1.29 is 8.42 Å². The number of alkyl halides is 1. The molecule has 0 aromatic heterocycles. The monoisotopic (exact) mass is 244 g/mol. The molecule has 0 saturated heterocycles. The lowest BCUT2D eigenvalue weighted by atomic mass is 10.4. The Hall–Kier alpha value is -0.540. The quantitative estimate of drug-likeness (QED) is 0.750. The molecular formula is C11H13ClO2S. The Kier molecular flexibility index (Phi) is 3.03. The summed E-state index contributed by atoms with van der Waals surface area (Å²) in [6, 6.07) is 8.57. The van der Waals surface area contributed by atoms with E-state index in [0.717, 1.165) is 12.8 Å². The van der Waals surface area contributed by atoms with E-state index in [0.29, 0.717) is 11.3 Å². The Balaban J connectivity index is 2.35. The summed E-state index contributed by atoms with van der Waals surface area (Å²) in [6.45, 7) is 0. The highest BCUT2D eigenvalue weighted by Crippen LogP contribution is 2.33. The second-order valence-corrected chi connectivity index (χ2v) is 6.57.